The normalized spacial score (nSPS) is 10.7. The van der Waals surface area contributed by atoms with E-state index in [2.05, 4.69) is 28.2 Å². The van der Waals surface area contributed by atoms with Gasteiger partial charge >= 0.3 is 0 Å². The third-order valence-electron chi connectivity index (χ3n) is 4.57. The second kappa shape index (κ2) is 7.95. The van der Waals surface area contributed by atoms with Gasteiger partial charge in [-0.25, -0.2) is 0 Å². The van der Waals surface area contributed by atoms with Crippen LogP contribution in [0.1, 0.15) is 17.5 Å². The third kappa shape index (κ3) is 3.82. The highest BCUT2D eigenvalue weighted by molar-refractivity contribution is 5.85. The first kappa shape index (κ1) is 17.9. The van der Waals surface area contributed by atoms with Gasteiger partial charge in [-0.05, 0) is 30.2 Å². The molecule has 0 fully saturated rings. The highest BCUT2D eigenvalue weighted by atomic mass is 16.5. The van der Waals surface area contributed by atoms with Gasteiger partial charge in [-0.2, -0.15) is 0 Å². The van der Waals surface area contributed by atoms with E-state index in [0.29, 0.717) is 25.1 Å². The average molecular weight is 352 g/mol. The number of aromatic nitrogens is 1. The molecule has 0 unspecified atom stereocenters. The van der Waals surface area contributed by atoms with E-state index in [4.69, 9.17) is 9.47 Å². The molecular weight excluding hydrogens is 328 g/mol. The fourth-order valence-corrected chi connectivity index (χ4v) is 3.15. The molecular formula is C21H24N2O3. The summed E-state index contributed by atoms with van der Waals surface area (Å²) < 4.78 is 12.7. The predicted molar refractivity (Wildman–Crippen MR) is 103 cm³/mol. The molecule has 0 radical (unpaired) electrons. The summed E-state index contributed by atoms with van der Waals surface area (Å²) in [5.41, 5.74) is 3.30. The highest BCUT2D eigenvalue weighted by Crippen LogP contribution is 2.24. The van der Waals surface area contributed by atoms with Crippen LogP contribution in [0.3, 0.4) is 0 Å². The maximum atomic E-state index is 12.3. The summed E-state index contributed by atoms with van der Waals surface area (Å²) in [6, 6.07) is 13.8. The molecule has 3 aromatic rings. The minimum Gasteiger partial charge on any atom is -0.497 e. The number of methoxy groups -OCH3 is 2. The van der Waals surface area contributed by atoms with E-state index in [1.807, 2.05) is 37.4 Å². The Morgan fingerprint density at radius 2 is 1.88 bits per heavy atom. The number of aryl methyl sites for hydroxylation is 2. The standard InChI is InChI=1S/C21H24N2O3/c1-23-14-16(18-6-4-5-7-19(18)23)9-11-21(24)22-13-15-8-10-17(25-2)12-20(15)26-3/h4-8,10,12,14H,9,11,13H2,1-3H3,(H,22,24). The van der Waals surface area contributed by atoms with Crippen molar-refractivity contribution in [2.75, 3.05) is 14.2 Å². The summed E-state index contributed by atoms with van der Waals surface area (Å²) >= 11 is 0. The lowest BCUT2D eigenvalue weighted by Gasteiger charge is -2.11. The van der Waals surface area contributed by atoms with Crippen LogP contribution in [0.2, 0.25) is 0 Å². The van der Waals surface area contributed by atoms with Gasteiger partial charge in [-0.3, -0.25) is 4.79 Å². The molecule has 5 nitrogen and oxygen atoms in total. The summed E-state index contributed by atoms with van der Waals surface area (Å²) in [7, 11) is 5.26. The van der Waals surface area contributed by atoms with Crippen LogP contribution in [0.25, 0.3) is 10.9 Å². The molecule has 1 N–H and O–H groups in total. The van der Waals surface area contributed by atoms with E-state index in [9.17, 15) is 4.79 Å². The number of carbonyl (C=O) groups is 1. The number of amides is 1. The van der Waals surface area contributed by atoms with Crippen molar-refractivity contribution in [2.45, 2.75) is 19.4 Å². The molecule has 3 rings (SSSR count). The number of benzene rings is 2. The molecule has 0 aliphatic carbocycles. The fraction of sp³-hybridized carbons (Fsp3) is 0.286. The number of hydrogen-bond donors (Lipinski definition) is 1. The molecule has 26 heavy (non-hydrogen) atoms. The molecule has 0 aliphatic rings. The Balaban J connectivity index is 1.59. The Morgan fingerprint density at radius 1 is 1.08 bits per heavy atom. The molecule has 136 valence electrons. The Labute approximate surface area is 153 Å². The molecule has 1 aromatic heterocycles. The minimum atomic E-state index is 0.0239. The van der Waals surface area contributed by atoms with Crippen LogP contribution in [0.15, 0.2) is 48.7 Å². The molecule has 0 atom stereocenters. The van der Waals surface area contributed by atoms with E-state index in [0.717, 1.165) is 11.3 Å². The number of hydrogen-bond acceptors (Lipinski definition) is 3. The van der Waals surface area contributed by atoms with Gasteiger partial charge in [0.05, 0.1) is 14.2 Å². The summed E-state index contributed by atoms with van der Waals surface area (Å²) in [6.45, 7) is 0.432. The number of para-hydroxylation sites is 1. The largest absolute Gasteiger partial charge is 0.497 e. The zero-order valence-corrected chi connectivity index (χ0v) is 15.4. The van der Waals surface area contributed by atoms with Crippen molar-refractivity contribution in [3.8, 4) is 11.5 Å². The van der Waals surface area contributed by atoms with Crippen molar-refractivity contribution < 1.29 is 14.3 Å². The van der Waals surface area contributed by atoms with Crippen LogP contribution in [0.5, 0.6) is 11.5 Å². The number of carbonyl (C=O) groups excluding carboxylic acids is 1. The Hall–Kier alpha value is -2.95. The Morgan fingerprint density at radius 3 is 2.65 bits per heavy atom. The van der Waals surface area contributed by atoms with Crippen molar-refractivity contribution in [3.63, 3.8) is 0 Å². The SMILES string of the molecule is COc1ccc(CNC(=O)CCc2cn(C)c3ccccc23)c(OC)c1. The van der Waals surface area contributed by atoms with Crippen molar-refractivity contribution in [2.24, 2.45) is 7.05 Å². The third-order valence-corrected chi connectivity index (χ3v) is 4.57. The zero-order valence-electron chi connectivity index (χ0n) is 15.4. The summed E-state index contributed by atoms with van der Waals surface area (Å²) in [5.74, 6) is 1.46. The van der Waals surface area contributed by atoms with Gasteiger partial charge in [0.15, 0.2) is 0 Å². The van der Waals surface area contributed by atoms with Crippen molar-refractivity contribution >= 4 is 16.8 Å². The number of nitrogens with one attached hydrogen (secondary N) is 1. The van der Waals surface area contributed by atoms with E-state index >= 15 is 0 Å². The van der Waals surface area contributed by atoms with Crippen molar-refractivity contribution in [1.29, 1.82) is 0 Å². The predicted octanol–water partition coefficient (Wildman–Crippen LogP) is 3.44. The van der Waals surface area contributed by atoms with Gasteiger partial charge in [0, 0.05) is 48.7 Å². The van der Waals surface area contributed by atoms with Crippen molar-refractivity contribution in [1.82, 2.24) is 9.88 Å². The highest BCUT2D eigenvalue weighted by Gasteiger charge is 2.10. The molecule has 5 heteroatoms. The van der Waals surface area contributed by atoms with Gasteiger partial charge in [-0.1, -0.05) is 18.2 Å². The lowest BCUT2D eigenvalue weighted by atomic mass is 10.1. The molecule has 0 aliphatic heterocycles. The van der Waals surface area contributed by atoms with Crippen LogP contribution in [0.4, 0.5) is 0 Å². The van der Waals surface area contributed by atoms with E-state index < -0.39 is 0 Å². The van der Waals surface area contributed by atoms with Crippen LogP contribution >= 0.6 is 0 Å². The van der Waals surface area contributed by atoms with Gasteiger partial charge in [0.2, 0.25) is 5.91 Å². The second-order valence-corrected chi connectivity index (χ2v) is 6.24. The lowest BCUT2D eigenvalue weighted by Crippen LogP contribution is -2.23. The topological polar surface area (TPSA) is 52.5 Å². The number of ether oxygens (including phenoxy) is 2. The van der Waals surface area contributed by atoms with E-state index in [1.54, 1.807) is 14.2 Å². The van der Waals surface area contributed by atoms with Gasteiger partial charge in [0.1, 0.15) is 11.5 Å². The lowest BCUT2D eigenvalue weighted by molar-refractivity contribution is -0.121. The fourth-order valence-electron chi connectivity index (χ4n) is 3.15. The Bertz CT molecular complexity index is 915. The van der Waals surface area contributed by atoms with E-state index in [1.165, 1.54) is 16.5 Å². The minimum absolute atomic E-state index is 0.0239. The first-order valence-corrected chi connectivity index (χ1v) is 8.63. The molecule has 2 aromatic carbocycles. The summed E-state index contributed by atoms with van der Waals surface area (Å²) in [5, 5.41) is 4.18. The van der Waals surface area contributed by atoms with Gasteiger partial charge < -0.3 is 19.4 Å². The molecule has 0 bridgehead atoms. The van der Waals surface area contributed by atoms with Gasteiger partial charge in [0.25, 0.3) is 0 Å². The maximum absolute atomic E-state index is 12.3. The second-order valence-electron chi connectivity index (χ2n) is 6.24. The first-order valence-electron chi connectivity index (χ1n) is 8.63. The monoisotopic (exact) mass is 352 g/mol. The molecule has 0 spiro atoms. The Kier molecular flexibility index (Phi) is 5.46. The van der Waals surface area contributed by atoms with Crippen LogP contribution < -0.4 is 14.8 Å². The zero-order chi connectivity index (χ0) is 18.5. The van der Waals surface area contributed by atoms with Crippen LogP contribution in [-0.2, 0) is 24.8 Å². The number of rotatable bonds is 7. The van der Waals surface area contributed by atoms with Crippen LogP contribution in [-0.4, -0.2) is 24.7 Å². The van der Waals surface area contributed by atoms with Gasteiger partial charge in [-0.15, -0.1) is 0 Å². The smallest absolute Gasteiger partial charge is 0.220 e. The maximum Gasteiger partial charge on any atom is 0.220 e. The average Bonchev–Trinajstić information content (AvgIpc) is 3.00. The number of fused-ring (bicyclic) bond motifs is 1. The number of nitrogens with zero attached hydrogens (tertiary/aromatic N) is 1. The first-order chi connectivity index (χ1) is 12.6. The quantitative estimate of drug-likeness (QED) is 0.709. The summed E-state index contributed by atoms with van der Waals surface area (Å²) in [6.07, 6.45) is 3.27. The summed E-state index contributed by atoms with van der Waals surface area (Å²) in [4.78, 5) is 12.3. The molecule has 0 saturated carbocycles. The van der Waals surface area contributed by atoms with Crippen molar-refractivity contribution in [3.05, 3.63) is 59.8 Å². The van der Waals surface area contributed by atoms with Crippen LogP contribution in [0, 0.1) is 0 Å². The molecule has 1 heterocycles. The molecule has 0 saturated heterocycles. The molecule has 1 amide bonds. The van der Waals surface area contributed by atoms with E-state index in [-0.39, 0.29) is 5.91 Å².